The molecule has 1 heterocycles. The van der Waals surface area contributed by atoms with Gasteiger partial charge in [0.2, 0.25) is 0 Å². The molecule has 0 saturated carbocycles. The standard InChI is InChI=1S/C13H13F3N2S/c1-2-17-7-9-8-19-12(18-9)10-5-3-4-6-11(10)13(14,15)16/h3-6,8,17H,2,7H2,1H3. The van der Waals surface area contributed by atoms with Crippen molar-refractivity contribution in [2.45, 2.75) is 19.6 Å². The zero-order valence-electron chi connectivity index (χ0n) is 10.3. The molecule has 2 nitrogen and oxygen atoms in total. The van der Waals surface area contributed by atoms with Gasteiger partial charge in [-0.3, -0.25) is 0 Å². The van der Waals surface area contributed by atoms with Gasteiger partial charge in [0.25, 0.3) is 0 Å². The third-order valence-electron chi connectivity index (χ3n) is 2.57. The lowest BCUT2D eigenvalue weighted by Crippen LogP contribution is -2.11. The van der Waals surface area contributed by atoms with Crippen molar-refractivity contribution < 1.29 is 13.2 Å². The van der Waals surface area contributed by atoms with Gasteiger partial charge in [0, 0.05) is 17.5 Å². The number of hydrogen-bond donors (Lipinski definition) is 1. The van der Waals surface area contributed by atoms with Gasteiger partial charge in [-0.1, -0.05) is 25.1 Å². The summed E-state index contributed by atoms with van der Waals surface area (Å²) in [5, 5.41) is 5.28. The number of hydrogen-bond acceptors (Lipinski definition) is 3. The van der Waals surface area contributed by atoms with Crippen LogP contribution in [0.2, 0.25) is 0 Å². The van der Waals surface area contributed by atoms with E-state index in [0.29, 0.717) is 11.6 Å². The van der Waals surface area contributed by atoms with Gasteiger partial charge in [-0.25, -0.2) is 4.98 Å². The Hall–Kier alpha value is -1.40. The maximum atomic E-state index is 12.9. The van der Waals surface area contributed by atoms with Gasteiger partial charge in [0.15, 0.2) is 0 Å². The molecule has 0 fully saturated rings. The lowest BCUT2D eigenvalue weighted by atomic mass is 10.1. The second-order valence-electron chi connectivity index (χ2n) is 3.97. The fourth-order valence-electron chi connectivity index (χ4n) is 1.68. The SMILES string of the molecule is CCNCc1csc(-c2ccccc2C(F)(F)F)n1. The molecule has 0 atom stereocenters. The normalized spacial score (nSPS) is 11.8. The Kier molecular flexibility index (Phi) is 4.21. The Balaban J connectivity index is 2.34. The van der Waals surface area contributed by atoms with Gasteiger partial charge in [-0.05, 0) is 12.6 Å². The molecule has 0 aliphatic rings. The number of benzene rings is 1. The van der Waals surface area contributed by atoms with Crippen LogP contribution in [0.4, 0.5) is 13.2 Å². The van der Waals surface area contributed by atoms with E-state index >= 15 is 0 Å². The van der Waals surface area contributed by atoms with E-state index in [1.165, 1.54) is 23.5 Å². The van der Waals surface area contributed by atoms with Crippen molar-refractivity contribution in [2.75, 3.05) is 6.54 Å². The Morgan fingerprint density at radius 1 is 1.26 bits per heavy atom. The molecule has 19 heavy (non-hydrogen) atoms. The number of halogens is 3. The van der Waals surface area contributed by atoms with Crippen LogP contribution in [0.3, 0.4) is 0 Å². The number of thiazole rings is 1. The second kappa shape index (κ2) is 5.71. The van der Waals surface area contributed by atoms with E-state index in [1.54, 1.807) is 11.4 Å². The first-order valence-corrected chi connectivity index (χ1v) is 6.72. The topological polar surface area (TPSA) is 24.9 Å². The molecule has 6 heteroatoms. The van der Waals surface area contributed by atoms with E-state index in [0.717, 1.165) is 18.3 Å². The Bertz CT molecular complexity index is 549. The molecule has 0 unspecified atom stereocenters. The van der Waals surface area contributed by atoms with E-state index in [9.17, 15) is 13.2 Å². The van der Waals surface area contributed by atoms with Gasteiger partial charge >= 0.3 is 6.18 Å². The summed E-state index contributed by atoms with van der Waals surface area (Å²) in [6, 6.07) is 5.52. The average molecular weight is 286 g/mol. The van der Waals surface area contributed by atoms with Crippen molar-refractivity contribution in [1.29, 1.82) is 0 Å². The molecule has 0 amide bonds. The zero-order chi connectivity index (χ0) is 13.9. The predicted molar refractivity (Wildman–Crippen MR) is 69.9 cm³/mol. The van der Waals surface area contributed by atoms with Gasteiger partial charge in [-0.2, -0.15) is 13.2 Å². The third kappa shape index (κ3) is 3.33. The zero-order valence-corrected chi connectivity index (χ0v) is 11.1. The predicted octanol–water partition coefficient (Wildman–Crippen LogP) is 3.94. The summed E-state index contributed by atoms with van der Waals surface area (Å²) < 4.78 is 38.7. The van der Waals surface area contributed by atoms with Crippen molar-refractivity contribution >= 4 is 11.3 Å². The maximum absolute atomic E-state index is 12.9. The number of alkyl halides is 3. The summed E-state index contributed by atoms with van der Waals surface area (Å²) >= 11 is 1.23. The van der Waals surface area contributed by atoms with Gasteiger partial charge in [0.1, 0.15) is 5.01 Å². The molecule has 0 spiro atoms. The van der Waals surface area contributed by atoms with Crippen LogP contribution >= 0.6 is 11.3 Å². The van der Waals surface area contributed by atoms with Gasteiger partial charge < -0.3 is 5.32 Å². The molecular weight excluding hydrogens is 273 g/mol. The molecule has 2 aromatic rings. The molecule has 1 aromatic heterocycles. The van der Waals surface area contributed by atoms with Gasteiger partial charge in [0.05, 0.1) is 11.3 Å². The lowest BCUT2D eigenvalue weighted by Gasteiger charge is -2.10. The highest BCUT2D eigenvalue weighted by Gasteiger charge is 2.33. The first-order valence-electron chi connectivity index (χ1n) is 5.84. The van der Waals surface area contributed by atoms with E-state index < -0.39 is 11.7 Å². The van der Waals surface area contributed by atoms with E-state index in [-0.39, 0.29) is 5.56 Å². The van der Waals surface area contributed by atoms with Crippen LogP contribution in [0.15, 0.2) is 29.6 Å². The van der Waals surface area contributed by atoms with Crippen molar-refractivity contribution in [2.24, 2.45) is 0 Å². The lowest BCUT2D eigenvalue weighted by molar-refractivity contribution is -0.137. The number of nitrogens with one attached hydrogen (secondary N) is 1. The van der Waals surface area contributed by atoms with Crippen LogP contribution in [-0.2, 0) is 12.7 Å². The Morgan fingerprint density at radius 2 is 2.00 bits per heavy atom. The van der Waals surface area contributed by atoms with Crippen molar-refractivity contribution in [1.82, 2.24) is 10.3 Å². The Morgan fingerprint density at radius 3 is 2.68 bits per heavy atom. The van der Waals surface area contributed by atoms with E-state index in [4.69, 9.17) is 0 Å². The summed E-state index contributed by atoms with van der Waals surface area (Å²) in [7, 11) is 0. The number of rotatable bonds is 4. The molecule has 0 bridgehead atoms. The first kappa shape index (κ1) is 14.0. The summed E-state index contributed by atoms with van der Waals surface area (Å²) in [4.78, 5) is 4.25. The molecule has 0 saturated heterocycles. The fraction of sp³-hybridized carbons (Fsp3) is 0.308. The summed E-state index contributed by atoms with van der Waals surface area (Å²) in [5.74, 6) is 0. The monoisotopic (exact) mass is 286 g/mol. The molecule has 0 aliphatic heterocycles. The summed E-state index contributed by atoms with van der Waals surface area (Å²) in [6.45, 7) is 3.33. The smallest absolute Gasteiger partial charge is 0.311 e. The fourth-order valence-corrected chi connectivity index (χ4v) is 2.54. The molecular formula is C13H13F3N2S. The van der Waals surface area contributed by atoms with Crippen LogP contribution in [0.5, 0.6) is 0 Å². The molecule has 102 valence electrons. The maximum Gasteiger partial charge on any atom is 0.417 e. The minimum atomic E-state index is -4.36. The highest BCUT2D eigenvalue weighted by atomic mass is 32.1. The highest BCUT2D eigenvalue weighted by Crippen LogP contribution is 2.37. The van der Waals surface area contributed by atoms with E-state index in [1.807, 2.05) is 6.92 Å². The van der Waals surface area contributed by atoms with Crippen molar-refractivity contribution in [3.8, 4) is 10.6 Å². The number of nitrogens with zero attached hydrogens (tertiary/aromatic N) is 1. The second-order valence-corrected chi connectivity index (χ2v) is 4.83. The molecule has 0 radical (unpaired) electrons. The summed E-state index contributed by atoms with van der Waals surface area (Å²) in [6.07, 6.45) is -4.36. The van der Waals surface area contributed by atoms with Crippen LogP contribution in [-0.4, -0.2) is 11.5 Å². The minimum absolute atomic E-state index is 0.141. The van der Waals surface area contributed by atoms with Crippen molar-refractivity contribution in [3.63, 3.8) is 0 Å². The third-order valence-corrected chi connectivity index (χ3v) is 3.50. The van der Waals surface area contributed by atoms with Crippen molar-refractivity contribution in [3.05, 3.63) is 40.9 Å². The molecule has 2 rings (SSSR count). The van der Waals surface area contributed by atoms with E-state index in [2.05, 4.69) is 10.3 Å². The highest BCUT2D eigenvalue weighted by molar-refractivity contribution is 7.13. The molecule has 1 N–H and O–H groups in total. The Labute approximate surface area is 113 Å². The minimum Gasteiger partial charge on any atom is -0.311 e. The molecule has 1 aromatic carbocycles. The molecule has 0 aliphatic carbocycles. The van der Waals surface area contributed by atoms with Crippen LogP contribution < -0.4 is 5.32 Å². The number of aromatic nitrogens is 1. The largest absolute Gasteiger partial charge is 0.417 e. The quantitative estimate of drug-likeness (QED) is 0.921. The average Bonchev–Trinajstić information content (AvgIpc) is 2.84. The first-order chi connectivity index (χ1) is 9.02. The van der Waals surface area contributed by atoms with Crippen LogP contribution in [0.1, 0.15) is 18.2 Å². The summed E-state index contributed by atoms with van der Waals surface area (Å²) in [5.41, 5.74) is 0.265. The van der Waals surface area contributed by atoms with Crippen LogP contribution in [0, 0.1) is 0 Å². The van der Waals surface area contributed by atoms with Gasteiger partial charge in [-0.15, -0.1) is 11.3 Å². The van der Waals surface area contributed by atoms with Crippen LogP contribution in [0.25, 0.3) is 10.6 Å².